The highest BCUT2D eigenvalue weighted by Gasteiger charge is 2.33. The molecule has 0 saturated heterocycles. The van der Waals surface area contributed by atoms with Crippen LogP contribution in [0.15, 0.2) is 0 Å². The average Bonchev–Trinajstić information content (AvgIpc) is 2.87. The van der Waals surface area contributed by atoms with Crippen LogP contribution < -0.4 is 5.32 Å². The Balaban J connectivity index is 1.56. The van der Waals surface area contributed by atoms with Crippen molar-refractivity contribution >= 4 is 6.03 Å². The lowest BCUT2D eigenvalue weighted by molar-refractivity contribution is -0.00829. The minimum atomic E-state index is -0.0318. The molecule has 1 aromatic rings. The molecular formula is C16H27N5O2. The van der Waals surface area contributed by atoms with Gasteiger partial charge in [0.15, 0.2) is 5.82 Å². The third-order valence-corrected chi connectivity index (χ3v) is 4.54. The van der Waals surface area contributed by atoms with Crippen molar-refractivity contribution in [1.29, 1.82) is 0 Å². The minimum Gasteiger partial charge on any atom is -0.378 e. The first-order valence-corrected chi connectivity index (χ1v) is 8.48. The van der Waals surface area contributed by atoms with Crippen LogP contribution in [0.3, 0.4) is 0 Å². The van der Waals surface area contributed by atoms with E-state index in [9.17, 15) is 4.79 Å². The highest BCUT2D eigenvalue weighted by molar-refractivity contribution is 5.74. The Hall–Kier alpha value is -1.63. The van der Waals surface area contributed by atoms with E-state index in [1.807, 2.05) is 11.8 Å². The Morgan fingerprint density at radius 2 is 2.04 bits per heavy atom. The predicted octanol–water partition coefficient (Wildman–Crippen LogP) is 1.67. The van der Waals surface area contributed by atoms with Crippen molar-refractivity contribution in [2.45, 2.75) is 71.2 Å². The van der Waals surface area contributed by atoms with E-state index in [2.05, 4.69) is 40.9 Å². The van der Waals surface area contributed by atoms with Gasteiger partial charge < -0.3 is 19.5 Å². The van der Waals surface area contributed by atoms with Gasteiger partial charge in [-0.1, -0.05) is 20.8 Å². The van der Waals surface area contributed by atoms with Gasteiger partial charge in [0.2, 0.25) is 0 Å². The number of aromatic nitrogens is 3. The van der Waals surface area contributed by atoms with E-state index in [1.54, 1.807) is 0 Å². The molecule has 0 unspecified atom stereocenters. The number of rotatable bonds is 3. The van der Waals surface area contributed by atoms with E-state index in [-0.39, 0.29) is 17.5 Å². The van der Waals surface area contributed by atoms with Crippen molar-refractivity contribution in [3.8, 4) is 0 Å². The van der Waals surface area contributed by atoms with Crippen LogP contribution in [0.2, 0.25) is 0 Å². The second-order valence-corrected chi connectivity index (χ2v) is 7.46. The predicted molar refractivity (Wildman–Crippen MR) is 86.1 cm³/mol. The average molecular weight is 321 g/mol. The summed E-state index contributed by atoms with van der Waals surface area (Å²) in [5.41, 5.74) is -0.0318. The molecule has 1 aliphatic carbocycles. The van der Waals surface area contributed by atoms with Crippen molar-refractivity contribution in [2.24, 2.45) is 0 Å². The molecule has 1 aromatic heterocycles. The summed E-state index contributed by atoms with van der Waals surface area (Å²) < 4.78 is 7.68. The van der Waals surface area contributed by atoms with E-state index < -0.39 is 0 Å². The first-order valence-electron chi connectivity index (χ1n) is 8.48. The number of amides is 2. The second kappa shape index (κ2) is 6.11. The van der Waals surface area contributed by atoms with Gasteiger partial charge in [0, 0.05) is 31.2 Å². The standard InChI is InChI=1S/C16H27N5O2/c1-5-23-12-8-11(9-12)17-15(22)20-6-7-21-13(10-20)18-19-14(21)16(2,3)4/h11-12H,5-10H2,1-4H3,(H,17,22). The number of hydrogen-bond donors (Lipinski definition) is 1. The number of fused-ring (bicyclic) bond motifs is 1. The molecule has 0 aromatic carbocycles. The highest BCUT2D eigenvalue weighted by Crippen LogP contribution is 2.25. The number of urea groups is 1. The van der Waals surface area contributed by atoms with Crippen LogP contribution in [0.1, 0.15) is 52.2 Å². The fraction of sp³-hybridized carbons (Fsp3) is 0.812. The normalized spacial score (nSPS) is 24.1. The fourth-order valence-electron chi connectivity index (χ4n) is 3.21. The van der Waals surface area contributed by atoms with Crippen molar-refractivity contribution in [2.75, 3.05) is 13.2 Å². The SMILES string of the molecule is CCOC1CC(NC(=O)N2CCn3c(nnc3C(C)(C)C)C2)C1. The molecule has 2 amide bonds. The summed E-state index contributed by atoms with van der Waals surface area (Å²) >= 11 is 0. The molecule has 128 valence electrons. The summed E-state index contributed by atoms with van der Waals surface area (Å²) in [5, 5.41) is 11.7. The van der Waals surface area contributed by atoms with E-state index in [0.717, 1.165) is 37.6 Å². The molecule has 0 atom stereocenters. The van der Waals surface area contributed by atoms with E-state index in [0.29, 0.717) is 19.2 Å². The molecule has 23 heavy (non-hydrogen) atoms. The van der Waals surface area contributed by atoms with E-state index >= 15 is 0 Å². The van der Waals surface area contributed by atoms with Gasteiger partial charge >= 0.3 is 6.03 Å². The molecule has 1 saturated carbocycles. The molecule has 1 aliphatic heterocycles. The Morgan fingerprint density at radius 1 is 1.30 bits per heavy atom. The van der Waals surface area contributed by atoms with Crippen LogP contribution >= 0.6 is 0 Å². The molecule has 7 heteroatoms. The smallest absolute Gasteiger partial charge is 0.318 e. The maximum Gasteiger partial charge on any atom is 0.318 e. The Labute approximate surface area is 137 Å². The molecule has 7 nitrogen and oxygen atoms in total. The molecule has 0 bridgehead atoms. The molecular weight excluding hydrogens is 294 g/mol. The van der Waals surface area contributed by atoms with Gasteiger partial charge in [-0.3, -0.25) is 0 Å². The quantitative estimate of drug-likeness (QED) is 0.919. The lowest BCUT2D eigenvalue weighted by atomic mass is 9.89. The lowest BCUT2D eigenvalue weighted by Crippen LogP contribution is -2.53. The number of carbonyl (C=O) groups is 1. The van der Waals surface area contributed by atoms with Crippen molar-refractivity contribution < 1.29 is 9.53 Å². The summed E-state index contributed by atoms with van der Waals surface area (Å²) in [6.45, 7) is 11.1. The largest absolute Gasteiger partial charge is 0.378 e. The van der Waals surface area contributed by atoms with Crippen molar-refractivity contribution in [1.82, 2.24) is 25.0 Å². The maximum absolute atomic E-state index is 12.4. The molecule has 0 spiro atoms. The zero-order chi connectivity index (χ0) is 16.6. The Morgan fingerprint density at radius 3 is 2.70 bits per heavy atom. The Bertz CT molecular complexity index is 572. The number of hydrogen-bond acceptors (Lipinski definition) is 4. The van der Waals surface area contributed by atoms with Gasteiger partial charge in [-0.2, -0.15) is 0 Å². The van der Waals surface area contributed by atoms with E-state index in [4.69, 9.17) is 4.74 Å². The number of nitrogens with one attached hydrogen (secondary N) is 1. The van der Waals surface area contributed by atoms with Crippen LogP contribution in [0, 0.1) is 0 Å². The molecule has 2 aliphatic rings. The van der Waals surface area contributed by atoms with Gasteiger partial charge in [-0.25, -0.2) is 4.79 Å². The van der Waals surface area contributed by atoms with Crippen molar-refractivity contribution in [3.63, 3.8) is 0 Å². The first-order chi connectivity index (χ1) is 10.9. The van der Waals surface area contributed by atoms with Gasteiger partial charge in [-0.05, 0) is 19.8 Å². The number of nitrogens with zero attached hydrogens (tertiary/aromatic N) is 4. The third kappa shape index (κ3) is 3.34. The number of carbonyl (C=O) groups excluding carboxylic acids is 1. The topological polar surface area (TPSA) is 72.3 Å². The summed E-state index contributed by atoms with van der Waals surface area (Å²) in [6, 6.07) is 0.237. The zero-order valence-corrected chi connectivity index (χ0v) is 14.5. The third-order valence-electron chi connectivity index (χ3n) is 4.54. The summed E-state index contributed by atoms with van der Waals surface area (Å²) in [5.74, 6) is 1.86. The van der Waals surface area contributed by atoms with Gasteiger partial charge in [0.1, 0.15) is 5.82 Å². The minimum absolute atomic E-state index is 0.00323. The second-order valence-electron chi connectivity index (χ2n) is 7.46. The molecule has 3 rings (SSSR count). The van der Waals surface area contributed by atoms with Crippen LogP contribution in [-0.4, -0.2) is 51.0 Å². The van der Waals surface area contributed by atoms with Gasteiger partial charge in [-0.15, -0.1) is 10.2 Å². The lowest BCUT2D eigenvalue weighted by Gasteiger charge is -2.37. The molecule has 2 heterocycles. The summed E-state index contributed by atoms with van der Waals surface area (Å²) in [6.07, 6.45) is 2.14. The first kappa shape index (κ1) is 16.2. The summed E-state index contributed by atoms with van der Waals surface area (Å²) in [4.78, 5) is 14.2. The number of ether oxygens (including phenoxy) is 1. The van der Waals surface area contributed by atoms with Gasteiger partial charge in [0.25, 0.3) is 0 Å². The monoisotopic (exact) mass is 321 g/mol. The summed E-state index contributed by atoms with van der Waals surface area (Å²) in [7, 11) is 0. The molecule has 1 fully saturated rings. The van der Waals surface area contributed by atoms with Crippen molar-refractivity contribution in [3.05, 3.63) is 11.6 Å². The van der Waals surface area contributed by atoms with Crippen LogP contribution in [0.5, 0.6) is 0 Å². The maximum atomic E-state index is 12.4. The van der Waals surface area contributed by atoms with Crippen LogP contribution in [0.4, 0.5) is 4.79 Å². The fourth-order valence-corrected chi connectivity index (χ4v) is 3.21. The zero-order valence-electron chi connectivity index (χ0n) is 14.5. The van der Waals surface area contributed by atoms with Crippen LogP contribution in [0.25, 0.3) is 0 Å². The van der Waals surface area contributed by atoms with E-state index in [1.165, 1.54) is 0 Å². The molecule has 1 N–H and O–H groups in total. The Kier molecular flexibility index (Phi) is 4.31. The molecule has 0 radical (unpaired) electrons. The van der Waals surface area contributed by atoms with Crippen LogP contribution in [-0.2, 0) is 23.2 Å². The highest BCUT2D eigenvalue weighted by atomic mass is 16.5. The van der Waals surface area contributed by atoms with Gasteiger partial charge in [0.05, 0.1) is 12.6 Å².